The molecule has 4 atom stereocenters. The lowest BCUT2D eigenvalue weighted by atomic mass is 9.60. The quantitative estimate of drug-likeness (QED) is 0.354. The van der Waals surface area contributed by atoms with Crippen molar-refractivity contribution in [1.29, 1.82) is 0 Å². The molecular weight excluding hydrogens is 391 g/mol. The van der Waals surface area contributed by atoms with E-state index in [1.54, 1.807) is 6.07 Å². The Kier molecular flexibility index (Phi) is 7.55. The summed E-state index contributed by atoms with van der Waals surface area (Å²) in [5.74, 6) is 4.03. The van der Waals surface area contributed by atoms with Gasteiger partial charge in [-0.3, -0.25) is 4.79 Å². The van der Waals surface area contributed by atoms with Gasteiger partial charge in [0.1, 0.15) is 5.75 Å². The van der Waals surface area contributed by atoms with Crippen LogP contribution in [0.5, 0.6) is 11.5 Å². The van der Waals surface area contributed by atoms with E-state index in [0.717, 1.165) is 55.3 Å². The molecule has 3 aliphatic carbocycles. The molecule has 3 fully saturated rings. The van der Waals surface area contributed by atoms with Gasteiger partial charge in [0.2, 0.25) is 0 Å². The van der Waals surface area contributed by atoms with Crippen molar-refractivity contribution in [3.05, 3.63) is 24.0 Å². The van der Waals surface area contributed by atoms with Crippen molar-refractivity contribution in [1.82, 2.24) is 0 Å². The van der Waals surface area contributed by atoms with E-state index in [0.29, 0.717) is 5.75 Å². The topological polar surface area (TPSA) is 35.5 Å². The van der Waals surface area contributed by atoms with Gasteiger partial charge in [-0.1, -0.05) is 26.2 Å². The van der Waals surface area contributed by atoms with Crippen LogP contribution in [-0.4, -0.2) is 13.1 Å². The maximum atomic E-state index is 14.1. The Morgan fingerprint density at radius 3 is 2.26 bits per heavy atom. The highest BCUT2D eigenvalue weighted by Crippen LogP contribution is 2.49. The summed E-state index contributed by atoms with van der Waals surface area (Å²) in [7, 11) is 1.49. The average molecular weight is 431 g/mol. The van der Waals surface area contributed by atoms with E-state index in [9.17, 15) is 9.18 Å². The molecule has 31 heavy (non-hydrogen) atoms. The van der Waals surface area contributed by atoms with Crippen LogP contribution in [0.15, 0.2) is 18.2 Å². The van der Waals surface area contributed by atoms with Crippen LogP contribution in [0.25, 0.3) is 0 Å². The molecule has 1 aromatic rings. The van der Waals surface area contributed by atoms with Gasteiger partial charge >= 0.3 is 5.97 Å². The first-order chi connectivity index (χ1) is 15.1. The van der Waals surface area contributed by atoms with Gasteiger partial charge in [0.25, 0.3) is 0 Å². The smallest absolute Gasteiger partial charge is 0.314 e. The monoisotopic (exact) mass is 430 g/mol. The van der Waals surface area contributed by atoms with Crippen LogP contribution in [0, 0.1) is 41.3 Å². The Balaban J connectivity index is 1.24. The van der Waals surface area contributed by atoms with E-state index in [1.807, 2.05) is 0 Å². The molecular formula is C27H39FO3. The Bertz CT molecular complexity index is 740. The molecule has 0 bridgehead atoms. The summed E-state index contributed by atoms with van der Waals surface area (Å²) < 4.78 is 24.5. The molecule has 0 radical (unpaired) electrons. The number of halogens is 1. The molecule has 0 N–H and O–H groups in total. The summed E-state index contributed by atoms with van der Waals surface area (Å²) in [6, 6.07) is 4.35. The van der Waals surface area contributed by atoms with E-state index in [-0.39, 0.29) is 17.6 Å². The Morgan fingerprint density at radius 1 is 0.935 bits per heavy atom. The van der Waals surface area contributed by atoms with Gasteiger partial charge in [0.05, 0.1) is 13.0 Å². The van der Waals surface area contributed by atoms with Crippen LogP contribution in [-0.2, 0) is 4.79 Å². The normalized spacial score (nSPS) is 33.4. The van der Waals surface area contributed by atoms with Crippen molar-refractivity contribution < 1.29 is 18.7 Å². The fourth-order valence-electron chi connectivity index (χ4n) is 6.83. The molecule has 0 amide bonds. The predicted molar refractivity (Wildman–Crippen MR) is 121 cm³/mol. The summed E-state index contributed by atoms with van der Waals surface area (Å²) in [5.41, 5.74) is 0. The molecule has 4 rings (SSSR count). The zero-order chi connectivity index (χ0) is 21.8. The first-order valence-corrected chi connectivity index (χ1v) is 12.6. The van der Waals surface area contributed by atoms with Gasteiger partial charge in [0.15, 0.2) is 11.6 Å². The second kappa shape index (κ2) is 10.4. The summed E-state index contributed by atoms with van der Waals surface area (Å²) in [5, 5.41) is 0. The minimum Gasteiger partial charge on any atom is -0.497 e. The highest BCUT2D eigenvalue weighted by Gasteiger charge is 2.39. The van der Waals surface area contributed by atoms with Crippen LogP contribution in [0.3, 0.4) is 0 Å². The first-order valence-electron chi connectivity index (χ1n) is 12.6. The Morgan fingerprint density at radius 2 is 1.58 bits per heavy atom. The summed E-state index contributed by atoms with van der Waals surface area (Å²) in [6.07, 6.45) is 15.3. The highest BCUT2D eigenvalue weighted by atomic mass is 19.1. The number of ether oxygens (including phenoxy) is 2. The van der Waals surface area contributed by atoms with Crippen LogP contribution >= 0.6 is 0 Å². The zero-order valence-corrected chi connectivity index (χ0v) is 19.3. The number of fused-ring (bicyclic) bond motifs is 1. The van der Waals surface area contributed by atoms with Gasteiger partial charge in [-0.15, -0.1) is 0 Å². The van der Waals surface area contributed by atoms with Crippen LogP contribution in [0.1, 0.15) is 84.0 Å². The van der Waals surface area contributed by atoms with Crippen molar-refractivity contribution in [2.24, 2.45) is 35.5 Å². The molecule has 4 heteroatoms. The van der Waals surface area contributed by atoms with Crippen molar-refractivity contribution in [3.63, 3.8) is 0 Å². The Hall–Kier alpha value is -1.58. The van der Waals surface area contributed by atoms with E-state index < -0.39 is 5.82 Å². The molecule has 3 aliphatic rings. The van der Waals surface area contributed by atoms with E-state index >= 15 is 0 Å². The second-order valence-electron chi connectivity index (χ2n) is 10.4. The van der Waals surface area contributed by atoms with Crippen LogP contribution in [0.2, 0.25) is 0 Å². The number of benzene rings is 1. The molecule has 0 saturated heterocycles. The maximum absolute atomic E-state index is 14.1. The van der Waals surface area contributed by atoms with E-state index in [1.165, 1.54) is 70.6 Å². The number of esters is 1. The third-order valence-corrected chi connectivity index (χ3v) is 8.58. The molecule has 172 valence electrons. The average Bonchev–Trinajstić information content (AvgIpc) is 2.80. The number of methoxy groups -OCH3 is 1. The Labute approximate surface area is 187 Å². The fraction of sp³-hybridized carbons (Fsp3) is 0.741. The summed E-state index contributed by atoms with van der Waals surface area (Å²) in [4.78, 5) is 12.6. The van der Waals surface area contributed by atoms with Gasteiger partial charge in [-0.25, -0.2) is 4.39 Å². The molecule has 3 nitrogen and oxygen atoms in total. The minimum absolute atomic E-state index is 0.00456. The standard InChI is InChI=1S/C27H39FO3/c1-3-4-18-5-6-23-16-22(12-11-21(23)15-18)19-7-9-20(10-8-19)27(29)31-26-14-13-24(30-2)17-25(26)28/h13-14,17-23H,3-12,15-16H2,1-2H3. The number of carbonyl (C=O) groups is 1. The molecule has 0 aromatic heterocycles. The molecule has 0 heterocycles. The second-order valence-corrected chi connectivity index (χ2v) is 10.4. The number of rotatable bonds is 6. The van der Waals surface area contributed by atoms with Gasteiger partial charge < -0.3 is 9.47 Å². The van der Waals surface area contributed by atoms with Crippen LogP contribution < -0.4 is 9.47 Å². The lowest BCUT2D eigenvalue weighted by Crippen LogP contribution is -2.35. The zero-order valence-electron chi connectivity index (χ0n) is 19.3. The van der Waals surface area contributed by atoms with Crippen molar-refractivity contribution >= 4 is 5.97 Å². The lowest BCUT2D eigenvalue weighted by Gasteiger charge is -2.45. The number of carbonyl (C=O) groups excluding carboxylic acids is 1. The van der Waals surface area contributed by atoms with Gasteiger partial charge in [-0.05, 0) is 99.5 Å². The third kappa shape index (κ3) is 5.43. The van der Waals surface area contributed by atoms with Gasteiger partial charge in [0, 0.05) is 6.07 Å². The number of hydrogen-bond donors (Lipinski definition) is 0. The first kappa shape index (κ1) is 22.6. The molecule has 4 unspecified atom stereocenters. The molecule has 0 aliphatic heterocycles. The highest BCUT2D eigenvalue weighted by molar-refractivity contribution is 5.75. The summed E-state index contributed by atoms with van der Waals surface area (Å²) >= 11 is 0. The fourth-order valence-corrected chi connectivity index (χ4v) is 6.83. The molecule has 3 saturated carbocycles. The summed E-state index contributed by atoms with van der Waals surface area (Å²) in [6.45, 7) is 2.32. The van der Waals surface area contributed by atoms with Crippen molar-refractivity contribution in [3.8, 4) is 11.5 Å². The predicted octanol–water partition coefficient (Wildman–Crippen LogP) is 7.18. The van der Waals surface area contributed by atoms with E-state index in [2.05, 4.69) is 6.92 Å². The minimum atomic E-state index is -0.549. The number of hydrogen-bond acceptors (Lipinski definition) is 3. The largest absolute Gasteiger partial charge is 0.497 e. The molecule has 0 spiro atoms. The third-order valence-electron chi connectivity index (χ3n) is 8.58. The van der Waals surface area contributed by atoms with Crippen LogP contribution in [0.4, 0.5) is 4.39 Å². The lowest BCUT2D eigenvalue weighted by molar-refractivity contribution is -0.140. The maximum Gasteiger partial charge on any atom is 0.314 e. The SMILES string of the molecule is CCCC1CCC2CC(C3CCC(C(=O)Oc4ccc(OC)cc4F)CC3)CCC2C1. The van der Waals surface area contributed by atoms with Gasteiger partial charge in [-0.2, -0.15) is 0 Å². The van der Waals surface area contributed by atoms with Crippen molar-refractivity contribution in [2.75, 3.05) is 7.11 Å². The van der Waals surface area contributed by atoms with E-state index in [4.69, 9.17) is 9.47 Å². The molecule has 1 aromatic carbocycles. The van der Waals surface area contributed by atoms with Crippen molar-refractivity contribution in [2.45, 2.75) is 84.0 Å².